The van der Waals surface area contributed by atoms with E-state index in [2.05, 4.69) is 10.6 Å². The van der Waals surface area contributed by atoms with Crippen LogP contribution < -0.4 is 29.6 Å². The SMILES string of the molecule is CC(C)=O.[2H]OC([2H])(C)C.[2H]O[2H].[2H][B-]([2H])([2H])[2H].[Na+]. The molecule has 0 aromatic carbocycles. The quantitative estimate of drug-likeness (QED) is 0.417. The summed E-state index contributed by atoms with van der Waals surface area (Å²) in [4.78, 5) is 9.44. The zero-order valence-electron chi connectivity index (χ0n) is 15.8. The van der Waals surface area contributed by atoms with E-state index in [1.165, 1.54) is 27.7 Å². The number of aliphatic hydroxyl groups is 1. The maximum Gasteiger partial charge on any atom is 1.00 e. The molecular formula is C6H20BNaO3. The van der Waals surface area contributed by atoms with Crippen LogP contribution in [0.2, 0.25) is 0 Å². The van der Waals surface area contributed by atoms with Crippen molar-refractivity contribution in [3.8, 4) is 0 Å². The molecular weight excluding hydrogens is 154 g/mol. The fourth-order valence-electron chi connectivity index (χ4n) is 0. The van der Waals surface area contributed by atoms with Crippen molar-refractivity contribution >= 4 is 14.0 Å². The van der Waals surface area contributed by atoms with Crippen molar-refractivity contribution < 1.29 is 46.3 Å². The molecule has 66 valence electrons. The fraction of sp³-hybridized carbons (Fsp3) is 0.833. The summed E-state index contributed by atoms with van der Waals surface area (Å²) >= 11 is 0. The average molecular weight is 182 g/mol. The van der Waals surface area contributed by atoms with Gasteiger partial charge in [0, 0.05) is 6.08 Å². The van der Waals surface area contributed by atoms with Crippen molar-refractivity contribution in [3.05, 3.63) is 0 Å². The predicted molar refractivity (Wildman–Crippen MR) is 48.7 cm³/mol. The van der Waals surface area contributed by atoms with Crippen LogP contribution in [0.1, 0.15) is 29.1 Å². The van der Waals surface area contributed by atoms with E-state index in [1.54, 1.807) is 0 Å². The Morgan fingerprint density at radius 2 is 2.00 bits per heavy atom. The zero-order chi connectivity index (χ0) is 16.0. The van der Waals surface area contributed by atoms with Gasteiger partial charge in [-0.05, 0) is 27.7 Å². The molecule has 11 heavy (non-hydrogen) atoms. The first-order valence-corrected chi connectivity index (χ1v) is 2.41. The van der Waals surface area contributed by atoms with Gasteiger partial charge in [-0.3, -0.25) is 0 Å². The minimum absolute atomic E-state index is 0. The largest absolute Gasteiger partial charge is 1.00 e. The molecule has 0 saturated carbocycles. The van der Waals surface area contributed by atoms with Gasteiger partial charge in [-0.2, -0.15) is 0 Å². The maximum atomic E-state index is 9.44. The number of rotatable bonds is 1. The molecule has 0 fully saturated rings. The van der Waals surface area contributed by atoms with Crippen molar-refractivity contribution in [3.63, 3.8) is 0 Å². The van der Waals surface area contributed by atoms with Crippen LogP contribution in [0.25, 0.3) is 0 Å². The summed E-state index contributed by atoms with van der Waals surface area (Å²) in [5.41, 5.74) is 2.75. The molecule has 0 aliphatic rings. The second-order valence-electron chi connectivity index (χ2n) is 1.82. The van der Waals surface area contributed by atoms with E-state index in [1.807, 2.05) is 0 Å². The van der Waals surface area contributed by atoms with Crippen LogP contribution in [0.5, 0.6) is 0 Å². The summed E-state index contributed by atoms with van der Waals surface area (Å²) < 4.78 is 47.7. The maximum absolute atomic E-state index is 9.44. The topological polar surface area (TPSA) is 68.8 Å². The minimum Gasteiger partial charge on any atom is -0.412 e. The van der Waals surface area contributed by atoms with Gasteiger partial charge in [0.25, 0.3) is 0 Å². The van der Waals surface area contributed by atoms with Gasteiger partial charge in [0.15, 0.2) is 0 Å². The molecule has 0 radical (unpaired) electrons. The molecule has 0 aliphatic heterocycles. The average Bonchev–Trinajstić information content (AvgIpc) is 1.99. The Labute approximate surface area is 104 Å². The third-order valence-corrected chi connectivity index (χ3v) is 0. The number of Topliss-reactive ketones (excluding diaryl/α,β-unsaturated/α-hetero) is 1. The second kappa shape index (κ2) is 22.4. The summed E-state index contributed by atoms with van der Waals surface area (Å²) in [5.74, 6) is 0.167. The van der Waals surface area contributed by atoms with Crippen molar-refractivity contribution in [1.82, 2.24) is 0 Å². The van der Waals surface area contributed by atoms with E-state index in [0.717, 1.165) is 0 Å². The molecule has 5 heteroatoms. The zero-order valence-corrected chi connectivity index (χ0v) is 9.80. The second-order valence-corrected chi connectivity index (χ2v) is 1.82. The molecule has 0 spiro atoms. The molecule has 0 heterocycles. The Kier molecular flexibility index (Phi) is 12.6. The Morgan fingerprint density at radius 3 is 2.00 bits per heavy atom. The predicted octanol–water partition coefficient (Wildman–Crippen LogP) is -4.29. The monoisotopic (exact) mass is 182 g/mol. The van der Waals surface area contributed by atoms with Crippen LogP contribution >= 0.6 is 0 Å². The molecule has 3 nitrogen and oxygen atoms in total. The van der Waals surface area contributed by atoms with Crippen LogP contribution in [0.15, 0.2) is 0 Å². The molecule has 0 rings (SSSR count). The number of ketones is 1. The Morgan fingerprint density at radius 1 is 1.91 bits per heavy atom. The number of hydrogen-bond donors (Lipinski definition) is 1. The van der Waals surface area contributed by atoms with Gasteiger partial charge in [0.2, 0.25) is 4.29 Å². The summed E-state index contributed by atoms with van der Waals surface area (Å²) in [6, 6.07) is 0. The molecule has 0 aromatic rings. The first kappa shape index (κ1) is 6.16. The summed E-state index contributed by atoms with van der Waals surface area (Å²) in [7, 11) is -3.00. The Bertz CT molecular complexity index is 176. The van der Waals surface area contributed by atoms with Gasteiger partial charge < -0.3 is 15.4 Å². The standard InChI is InChI=1S/C3H8O.C3H6O.BH4.Na.H2O/c2*1-3(2)4;;;/h3-4H,1-2H3;1-2H3;1H4;;1H2/q;;-1;+1;/i3D,4D;;1D4;;/hD2. The number of carbonyl (C=O) groups excluding carboxylic acids is 1. The molecule has 0 atom stereocenters. The van der Waals surface area contributed by atoms with E-state index >= 15 is 0 Å². The summed E-state index contributed by atoms with van der Waals surface area (Å²) in [5, 5.41) is 3.85. The van der Waals surface area contributed by atoms with E-state index in [-0.39, 0.29) is 35.3 Å². The molecule has 0 aromatic heterocycles. The van der Waals surface area contributed by atoms with E-state index in [4.69, 9.17) is 11.0 Å². The Balaban J connectivity index is -0.0000000464. The van der Waals surface area contributed by atoms with Crippen LogP contribution in [0.3, 0.4) is 0 Å². The van der Waals surface area contributed by atoms with Crippen molar-refractivity contribution in [1.29, 1.82) is 9.64 Å². The summed E-state index contributed by atoms with van der Waals surface area (Å²) in [6.45, 7) is 6.06. The first-order valence-electron chi connectivity index (χ1n) is 6.44. The van der Waals surface area contributed by atoms with Crippen molar-refractivity contribution in [2.24, 2.45) is 0 Å². The van der Waals surface area contributed by atoms with Gasteiger partial charge in [0.1, 0.15) is 5.78 Å². The van der Waals surface area contributed by atoms with Gasteiger partial charge in [-0.1, -0.05) is 8.27 Å². The first-order chi connectivity index (χ1) is 7.71. The number of hydrogen-bond acceptors (Lipinski definition) is 2. The van der Waals surface area contributed by atoms with Gasteiger partial charge >= 0.3 is 29.6 Å². The Hall–Kier alpha value is 0.655. The molecule has 0 bridgehead atoms. The van der Waals surface area contributed by atoms with Gasteiger partial charge in [-0.25, -0.2) is 5.34 Å². The van der Waals surface area contributed by atoms with Crippen LogP contribution in [-0.2, 0) is 4.79 Å². The molecule has 3 N–H and O–H groups in total. The molecule has 0 unspecified atom stereocenters. The van der Waals surface area contributed by atoms with Gasteiger partial charge in [-0.15, -0.1) is 0 Å². The smallest absolute Gasteiger partial charge is 0.412 e. The van der Waals surface area contributed by atoms with Crippen LogP contribution in [-0.4, -0.2) is 40.4 Å². The van der Waals surface area contributed by atoms with Gasteiger partial charge in [0.05, 0.1) is 1.37 Å². The molecule has 0 amide bonds. The van der Waals surface area contributed by atoms with E-state index in [0.29, 0.717) is 0 Å². The van der Waals surface area contributed by atoms with Crippen molar-refractivity contribution in [2.75, 3.05) is 0 Å². The van der Waals surface area contributed by atoms with E-state index < -0.39 is 14.3 Å². The summed E-state index contributed by atoms with van der Waals surface area (Å²) in [6.07, 6.45) is -1.04. The minimum atomic E-state index is -3.00. The molecule has 0 saturated heterocycles. The third-order valence-electron chi connectivity index (χ3n) is 0. The number of carbonyl (C=O) groups is 1. The van der Waals surface area contributed by atoms with Crippen LogP contribution in [0.4, 0.5) is 0 Å². The fourth-order valence-corrected chi connectivity index (χ4v) is 0. The normalized spacial score (nSPS) is 16.7. The third kappa shape index (κ3) is 1860. The van der Waals surface area contributed by atoms with Crippen molar-refractivity contribution in [2.45, 2.75) is 33.8 Å². The molecule has 0 aliphatic carbocycles. The van der Waals surface area contributed by atoms with E-state index in [9.17, 15) is 4.79 Å². The van der Waals surface area contributed by atoms with Crippen LogP contribution in [0, 0.1) is 0 Å².